The van der Waals surface area contributed by atoms with Crippen molar-refractivity contribution in [3.8, 4) is 0 Å². The fourth-order valence-corrected chi connectivity index (χ4v) is 1.65. The van der Waals surface area contributed by atoms with Gasteiger partial charge in [-0.2, -0.15) is 0 Å². The molecular weight excluding hydrogens is 164 g/mol. The highest BCUT2D eigenvalue weighted by atomic mass is 15.3. The van der Waals surface area contributed by atoms with E-state index in [1.807, 2.05) is 23.1 Å². The molecule has 0 atom stereocenters. The Bertz CT molecular complexity index is 345. The van der Waals surface area contributed by atoms with E-state index in [9.17, 15) is 0 Å². The zero-order valence-corrected chi connectivity index (χ0v) is 7.27. The van der Waals surface area contributed by atoms with Crippen molar-refractivity contribution in [3.05, 3.63) is 29.8 Å². The third kappa shape index (κ3) is 1.20. The van der Waals surface area contributed by atoms with Crippen LogP contribution in [0.3, 0.4) is 0 Å². The van der Waals surface area contributed by atoms with Crippen LogP contribution in [-0.4, -0.2) is 12.5 Å². The van der Waals surface area contributed by atoms with Gasteiger partial charge in [-0.1, -0.05) is 18.2 Å². The summed E-state index contributed by atoms with van der Waals surface area (Å²) in [6.45, 7) is 0.867. The molecule has 0 radical (unpaired) electrons. The van der Waals surface area contributed by atoms with Gasteiger partial charge < -0.3 is 16.5 Å². The number of para-hydroxylation sites is 1. The molecule has 4 heteroatoms. The normalized spacial score (nSPS) is 16.0. The quantitative estimate of drug-likeness (QED) is 0.257. The van der Waals surface area contributed by atoms with Crippen LogP contribution < -0.4 is 16.5 Å². The molecule has 0 spiro atoms. The smallest absolute Gasteiger partial charge is 0.217 e. The first-order chi connectivity index (χ1) is 6.33. The fourth-order valence-electron chi connectivity index (χ4n) is 1.65. The van der Waals surface area contributed by atoms with E-state index >= 15 is 0 Å². The molecule has 4 N–H and O–H groups in total. The van der Waals surface area contributed by atoms with Gasteiger partial charge in [0.15, 0.2) is 0 Å². The van der Waals surface area contributed by atoms with E-state index in [1.54, 1.807) is 0 Å². The zero-order valence-electron chi connectivity index (χ0n) is 7.27. The number of hydrazone groups is 1. The minimum absolute atomic E-state index is 0.380. The molecule has 4 nitrogen and oxygen atoms in total. The third-order valence-corrected chi connectivity index (χ3v) is 2.30. The van der Waals surface area contributed by atoms with Crippen LogP contribution in [0.15, 0.2) is 29.4 Å². The van der Waals surface area contributed by atoms with Crippen molar-refractivity contribution in [3.63, 3.8) is 0 Å². The second-order valence-corrected chi connectivity index (χ2v) is 3.02. The van der Waals surface area contributed by atoms with Gasteiger partial charge in [-0.05, 0) is 18.1 Å². The van der Waals surface area contributed by atoms with Crippen LogP contribution in [0.1, 0.15) is 5.56 Å². The highest BCUT2D eigenvalue weighted by Gasteiger charge is 2.20. The lowest BCUT2D eigenvalue weighted by Gasteiger charge is -2.16. The number of hydrogen-bond acceptors (Lipinski definition) is 2. The molecule has 1 aliphatic rings. The lowest BCUT2D eigenvalue weighted by atomic mass is 10.2. The largest absolute Gasteiger partial charge is 0.368 e. The monoisotopic (exact) mass is 176 g/mol. The predicted molar refractivity (Wildman–Crippen MR) is 53.3 cm³/mol. The standard InChI is InChI=1S/C9H12N4/c10-9(12-11)13-6-5-7-3-1-2-4-8(7)13/h1-4H,5-6,11H2,(H2,10,12). The predicted octanol–water partition coefficient (Wildman–Crippen LogP) is 0.238. The average Bonchev–Trinajstić information content (AvgIpc) is 2.60. The first-order valence-electron chi connectivity index (χ1n) is 4.21. The van der Waals surface area contributed by atoms with E-state index in [4.69, 9.17) is 11.6 Å². The highest BCUT2D eigenvalue weighted by Crippen LogP contribution is 2.26. The van der Waals surface area contributed by atoms with E-state index < -0.39 is 0 Å². The minimum Gasteiger partial charge on any atom is -0.368 e. The van der Waals surface area contributed by atoms with Crippen LogP contribution in [0.25, 0.3) is 0 Å². The Morgan fingerprint density at radius 2 is 2.15 bits per heavy atom. The number of nitrogens with two attached hydrogens (primary N) is 2. The summed E-state index contributed by atoms with van der Waals surface area (Å²) in [4.78, 5) is 1.93. The summed E-state index contributed by atoms with van der Waals surface area (Å²) in [7, 11) is 0. The lowest BCUT2D eigenvalue weighted by molar-refractivity contribution is 1.00. The topological polar surface area (TPSA) is 67.6 Å². The van der Waals surface area contributed by atoms with Gasteiger partial charge in [-0.25, -0.2) is 0 Å². The molecule has 0 amide bonds. The molecule has 0 saturated heterocycles. The Labute approximate surface area is 76.8 Å². The number of fused-ring (bicyclic) bond motifs is 1. The van der Waals surface area contributed by atoms with Gasteiger partial charge in [0.25, 0.3) is 0 Å². The first kappa shape index (κ1) is 7.91. The van der Waals surface area contributed by atoms with Crippen molar-refractivity contribution < 1.29 is 0 Å². The number of nitrogens with zero attached hydrogens (tertiary/aromatic N) is 2. The van der Waals surface area contributed by atoms with Gasteiger partial charge in [-0.3, -0.25) is 0 Å². The van der Waals surface area contributed by atoms with Crippen molar-refractivity contribution in [1.82, 2.24) is 0 Å². The number of rotatable bonds is 0. The Kier molecular flexibility index (Phi) is 1.81. The summed E-state index contributed by atoms with van der Waals surface area (Å²) < 4.78 is 0. The summed E-state index contributed by atoms with van der Waals surface area (Å²) in [6, 6.07) is 8.14. The van der Waals surface area contributed by atoms with Gasteiger partial charge in [-0.15, -0.1) is 5.10 Å². The van der Waals surface area contributed by atoms with Crippen molar-refractivity contribution in [1.29, 1.82) is 0 Å². The van der Waals surface area contributed by atoms with Crippen LogP contribution in [0.2, 0.25) is 0 Å². The molecule has 68 valence electrons. The average molecular weight is 176 g/mol. The molecular formula is C9H12N4. The summed E-state index contributed by atoms with van der Waals surface area (Å²) in [5, 5.41) is 3.49. The molecule has 1 aromatic carbocycles. The van der Waals surface area contributed by atoms with E-state index in [0.717, 1.165) is 18.7 Å². The summed E-state index contributed by atoms with van der Waals surface area (Å²) in [5.41, 5.74) is 8.06. The minimum atomic E-state index is 0.380. The molecule has 0 aromatic heterocycles. The van der Waals surface area contributed by atoms with Gasteiger partial charge in [0, 0.05) is 12.2 Å². The van der Waals surface area contributed by atoms with E-state index in [0.29, 0.717) is 5.96 Å². The zero-order chi connectivity index (χ0) is 9.26. The molecule has 1 heterocycles. The SMILES string of the molecule is N/N=C(/N)N1CCc2ccccc21. The fraction of sp³-hybridized carbons (Fsp3) is 0.222. The lowest BCUT2D eigenvalue weighted by Crippen LogP contribution is -2.36. The molecule has 0 bridgehead atoms. The van der Waals surface area contributed by atoms with Gasteiger partial charge in [0.1, 0.15) is 0 Å². The van der Waals surface area contributed by atoms with Crippen LogP contribution in [0.5, 0.6) is 0 Å². The maximum absolute atomic E-state index is 5.64. The van der Waals surface area contributed by atoms with Crippen molar-refractivity contribution >= 4 is 11.6 Å². The molecule has 0 unspecified atom stereocenters. The van der Waals surface area contributed by atoms with E-state index in [1.165, 1.54) is 5.56 Å². The molecule has 1 aromatic rings. The van der Waals surface area contributed by atoms with Gasteiger partial charge in [0.05, 0.1) is 0 Å². The Balaban J connectivity index is 2.39. The summed E-state index contributed by atoms with van der Waals surface area (Å²) in [6.07, 6.45) is 1.01. The molecule has 13 heavy (non-hydrogen) atoms. The second-order valence-electron chi connectivity index (χ2n) is 3.02. The van der Waals surface area contributed by atoms with Crippen LogP contribution in [0.4, 0.5) is 5.69 Å². The van der Waals surface area contributed by atoms with Gasteiger partial charge >= 0.3 is 0 Å². The Morgan fingerprint density at radius 1 is 1.38 bits per heavy atom. The number of hydrogen-bond donors (Lipinski definition) is 2. The number of benzene rings is 1. The second kappa shape index (κ2) is 2.97. The number of anilines is 1. The summed E-state index contributed by atoms with van der Waals surface area (Å²) >= 11 is 0. The van der Waals surface area contributed by atoms with Crippen molar-refractivity contribution in [2.45, 2.75) is 6.42 Å². The molecule has 2 rings (SSSR count). The van der Waals surface area contributed by atoms with Crippen molar-refractivity contribution in [2.75, 3.05) is 11.4 Å². The Morgan fingerprint density at radius 3 is 2.92 bits per heavy atom. The molecule has 1 aliphatic heterocycles. The molecule has 0 aliphatic carbocycles. The molecule has 0 fully saturated rings. The number of guanidine groups is 1. The first-order valence-corrected chi connectivity index (χ1v) is 4.21. The van der Waals surface area contributed by atoms with Gasteiger partial charge in [0.2, 0.25) is 5.96 Å². The Hall–Kier alpha value is -1.71. The third-order valence-electron chi connectivity index (χ3n) is 2.30. The van der Waals surface area contributed by atoms with Crippen LogP contribution in [0, 0.1) is 0 Å². The van der Waals surface area contributed by atoms with E-state index in [-0.39, 0.29) is 0 Å². The summed E-state index contributed by atoms with van der Waals surface area (Å²) in [5.74, 6) is 5.51. The highest BCUT2D eigenvalue weighted by molar-refractivity contribution is 5.96. The maximum Gasteiger partial charge on any atom is 0.217 e. The van der Waals surface area contributed by atoms with Crippen LogP contribution in [-0.2, 0) is 6.42 Å². The maximum atomic E-state index is 5.64. The van der Waals surface area contributed by atoms with Crippen molar-refractivity contribution in [2.24, 2.45) is 16.7 Å². The van der Waals surface area contributed by atoms with Crippen LogP contribution >= 0.6 is 0 Å². The molecule has 0 saturated carbocycles. The van der Waals surface area contributed by atoms with E-state index in [2.05, 4.69) is 11.2 Å².